The molecule has 5 rings (SSSR count). The minimum atomic E-state index is -4.83. The number of amides is 2. The number of hydrogen-bond donors (Lipinski definition) is 1. The molecule has 1 aliphatic heterocycles. The van der Waals surface area contributed by atoms with Crippen molar-refractivity contribution in [1.29, 1.82) is 5.26 Å². The van der Waals surface area contributed by atoms with Crippen LogP contribution in [0.2, 0.25) is 0 Å². The highest BCUT2D eigenvalue weighted by Crippen LogP contribution is 2.59. The highest BCUT2D eigenvalue weighted by atomic mass is 32.2. The van der Waals surface area contributed by atoms with Gasteiger partial charge >= 0.3 is 12.2 Å². The van der Waals surface area contributed by atoms with Gasteiger partial charge in [0.1, 0.15) is 17.0 Å². The number of ether oxygens (including phenoxy) is 1. The number of aromatic nitrogens is 2. The fraction of sp³-hybridized carbons (Fsp3) is 0.500. The monoisotopic (exact) mass is 577 g/mol. The van der Waals surface area contributed by atoms with Gasteiger partial charge in [0.25, 0.3) is 0 Å². The van der Waals surface area contributed by atoms with Crippen LogP contribution in [-0.4, -0.2) is 71.8 Å². The molecule has 2 heterocycles. The molecule has 1 aromatic heterocycles. The van der Waals surface area contributed by atoms with Gasteiger partial charge in [-0.15, -0.1) is 0 Å². The molecule has 1 aromatic carbocycles. The van der Waals surface area contributed by atoms with Crippen molar-refractivity contribution in [2.45, 2.75) is 66.9 Å². The Morgan fingerprint density at radius 3 is 2.30 bits per heavy atom. The first kappa shape index (κ1) is 27.8. The number of alkyl halides is 3. The minimum absolute atomic E-state index is 0.0585. The van der Waals surface area contributed by atoms with Crippen LogP contribution in [-0.2, 0) is 19.4 Å². The number of likely N-dealkylation sites (tertiary alicyclic amines) is 1. The van der Waals surface area contributed by atoms with Gasteiger partial charge in [-0.3, -0.25) is 9.59 Å². The van der Waals surface area contributed by atoms with E-state index in [2.05, 4.69) is 15.3 Å². The zero-order valence-electron chi connectivity index (χ0n) is 21.7. The molecule has 0 radical (unpaired) electrons. The van der Waals surface area contributed by atoms with E-state index >= 15 is 0 Å². The number of nitriles is 1. The van der Waals surface area contributed by atoms with Crippen LogP contribution in [0.15, 0.2) is 35.5 Å². The quantitative estimate of drug-likeness (QED) is 0.530. The molecule has 0 bridgehead atoms. The second kappa shape index (κ2) is 9.43. The molecule has 2 unspecified atom stereocenters. The summed E-state index contributed by atoms with van der Waals surface area (Å²) in [5.41, 5.74) is -2.15. The predicted octanol–water partition coefficient (Wildman–Crippen LogP) is 2.72. The molecule has 40 heavy (non-hydrogen) atoms. The van der Waals surface area contributed by atoms with Crippen molar-refractivity contribution in [3.8, 4) is 23.2 Å². The molecule has 14 heteroatoms. The molecule has 2 aromatic rings. The smallest absolute Gasteiger partial charge is 0.403 e. The van der Waals surface area contributed by atoms with Gasteiger partial charge in [-0.1, -0.05) is 12.1 Å². The third-order valence-electron chi connectivity index (χ3n) is 7.92. The number of halogens is 3. The SMILES string of the molecule is COc1ncc(-c2ccc(S(=O)(=O)C3CC(C(=O)NC4(C#N)CC4)N(C(=O)C4(C(F)(F)F)CC4)C3)c(C)c2)cn1. The van der Waals surface area contributed by atoms with Gasteiger partial charge in [0.2, 0.25) is 11.8 Å². The molecule has 2 atom stereocenters. The van der Waals surface area contributed by atoms with Crippen molar-refractivity contribution in [3.05, 3.63) is 36.2 Å². The van der Waals surface area contributed by atoms with E-state index in [-0.39, 0.29) is 17.3 Å². The summed E-state index contributed by atoms with van der Waals surface area (Å²) < 4.78 is 73.9. The number of sulfone groups is 1. The largest absolute Gasteiger partial charge is 0.467 e. The van der Waals surface area contributed by atoms with Crippen LogP contribution in [0.4, 0.5) is 13.2 Å². The first-order valence-corrected chi connectivity index (χ1v) is 14.1. The molecule has 0 spiro atoms. The summed E-state index contributed by atoms with van der Waals surface area (Å²) in [4.78, 5) is 35.1. The van der Waals surface area contributed by atoms with E-state index in [1.54, 1.807) is 19.1 Å². The van der Waals surface area contributed by atoms with Crippen LogP contribution in [0.3, 0.4) is 0 Å². The average molecular weight is 578 g/mol. The highest BCUT2D eigenvalue weighted by molar-refractivity contribution is 7.92. The third-order valence-corrected chi connectivity index (χ3v) is 10.2. The summed E-state index contributed by atoms with van der Waals surface area (Å²) in [6.45, 7) is 1.01. The van der Waals surface area contributed by atoms with Crippen LogP contribution in [0.1, 0.15) is 37.7 Å². The van der Waals surface area contributed by atoms with Crippen molar-refractivity contribution in [1.82, 2.24) is 20.2 Å². The zero-order valence-corrected chi connectivity index (χ0v) is 22.5. The van der Waals surface area contributed by atoms with Crippen molar-refractivity contribution in [2.75, 3.05) is 13.7 Å². The first-order chi connectivity index (χ1) is 18.8. The third kappa shape index (κ3) is 4.66. The fourth-order valence-electron chi connectivity index (χ4n) is 5.12. The lowest BCUT2D eigenvalue weighted by molar-refractivity contribution is -0.199. The molecule has 10 nitrogen and oxygen atoms in total. The number of nitrogens with one attached hydrogen (secondary N) is 1. The van der Waals surface area contributed by atoms with E-state index in [0.717, 1.165) is 4.90 Å². The number of carbonyl (C=O) groups is 2. The Labute approximate surface area is 228 Å². The number of nitrogens with zero attached hydrogens (tertiary/aromatic N) is 4. The lowest BCUT2D eigenvalue weighted by Gasteiger charge is -2.29. The second-order valence-corrected chi connectivity index (χ2v) is 12.8. The number of methoxy groups -OCH3 is 1. The number of benzene rings is 1. The van der Waals surface area contributed by atoms with Crippen molar-refractivity contribution in [2.24, 2.45) is 5.41 Å². The van der Waals surface area contributed by atoms with E-state index in [4.69, 9.17) is 4.74 Å². The molecule has 2 amide bonds. The average Bonchev–Trinajstić information content (AvgIpc) is 3.84. The molecule has 3 fully saturated rings. The fourth-order valence-corrected chi connectivity index (χ4v) is 7.04. The van der Waals surface area contributed by atoms with Crippen LogP contribution in [0.25, 0.3) is 11.1 Å². The van der Waals surface area contributed by atoms with Gasteiger partial charge in [-0.05, 0) is 56.2 Å². The number of carbonyl (C=O) groups excluding carboxylic acids is 2. The molecule has 212 valence electrons. The van der Waals surface area contributed by atoms with E-state index in [1.807, 2.05) is 6.07 Å². The molecule has 1 N–H and O–H groups in total. The minimum Gasteiger partial charge on any atom is -0.467 e. The number of hydrogen-bond acceptors (Lipinski definition) is 8. The van der Waals surface area contributed by atoms with Crippen LogP contribution in [0, 0.1) is 23.7 Å². The normalized spacial score (nSPS) is 22.8. The van der Waals surface area contributed by atoms with Gasteiger partial charge in [-0.2, -0.15) is 18.4 Å². The number of rotatable bonds is 7. The van der Waals surface area contributed by atoms with Crippen molar-refractivity contribution < 1.29 is 35.9 Å². The Morgan fingerprint density at radius 1 is 1.15 bits per heavy atom. The Bertz CT molecular complexity index is 1510. The summed E-state index contributed by atoms with van der Waals surface area (Å²) >= 11 is 0. The van der Waals surface area contributed by atoms with Gasteiger partial charge < -0.3 is 15.0 Å². The van der Waals surface area contributed by atoms with Crippen molar-refractivity contribution >= 4 is 21.7 Å². The van der Waals surface area contributed by atoms with E-state index < -0.39 is 69.5 Å². The lowest BCUT2D eigenvalue weighted by Crippen LogP contribution is -2.53. The van der Waals surface area contributed by atoms with Crippen LogP contribution < -0.4 is 10.1 Å². The van der Waals surface area contributed by atoms with Gasteiger partial charge in [0.05, 0.1) is 23.3 Å². The van der Waals surface area contributed by atoms with Crippen molar-refractivity contribution in [3.63, 3.8) is 0 Å². The summed E-state index contributed by atoms with van der Waals surface area (Å²) in [6, 6.07) is 5.24. The number of aryl methyl sites for hydroxylation is 1. The standard InChI is InChI=1S/C26H26F3N5O5S/c1-15-9-16(17-11-31-23(39-2)32-12-17)3-4-20(15)40(37,38)18-10-19(21(35)33-24(14-30)5-6-24)34(13-18)22(36)25(7-8-25)26(27,28)29/h3-4,9,11-12,18-19H,5-8,10,13H2,1-2H3,(H,33,35). The maximum absolute atomic E-state index is 13.8. The summed E-state index contributed by atoms with van der Waals surface area (Å²) in [5, 5.41) is 10.6. The summed E-state index contributed by atoms with van der Waals surface area (Å²) in [6.07, 6.45) is -2.29. The van der Waals surface area contributed by atoms with Gasteiger partial charge in [0.15, 0.2) is 9.84 Å². The molecule has 3 aliphatic rings. The maximum atomic E-state index is 13.8. The van der Waals surface area contributed by atoms with Gasteiger partial charge in [0, 0.05) is 24.5 Å². The van der Waals surface area contributed by atoms with E-state index in [1.165, 1.54) is 25.6 Å². The lowest BCUT2D eigenvalue weighted by atomic mass is 10.0. The van der Waals surface area contributed by atoms with E-state index in [9.17, 15) is 36.4 Å². The Hall–Kier alpha value is -3.73. The van der Waals surface area contributed by atoms with Crippen LogP contribution in [0.5, 0.6) is 6.01 Å². The second-order valence-electron chi connectivity index (χ2n) is 10.6. The Morgan fingerprint density at radius 2 is 1.80 bits per heavy atom. The highest BCUT2D eigenvalue weighted by Gasteiger charge is 2.70. The Kier molecular flexibility index (Phi) is 6.56. The maximum Gasteiger partial charge on any atom is 0.403 e. The topological polar surface area (TPSA) is 142 Å². The molecule has 2 saturated carbocycles. The molecule has 1 saturated heterocycles. The molecular weight excluding hydrogens is 551 g/mol. The van der Waals surface area contributed by atoms with Crippen LogP contribution >= 0.6 is 0 Å². The zero-order chi connectivity index (χ0) is 29.1. The molecule has 2 aliphatic carbocycles. The predicted molar refractivity (Wildman–Crippen MR) is 133 cm³/mol. The Balaban J connectivity index is 1.44. The van der Waals surface area contributed by atoms with Gasteiger partial charge in [-0.25, -0.2) is 18.4 Å². The van der Waals surface area contributed by atoms with E-state index in [0.29, 0.717) is 29.5 Å². The first-order valence-electron chi connectivity index (χ1n) is 12.6. The summed E-state index contributed by atoms with van der Waals surface area (Å²) in [5.74, 6) is -2.12. The molecular formula is C26H26F3N5O5S. The summed E-state index contributed by atoms with van der Waals surface area (Å²) in [7, 11) is -2.76.